The number of nitrogens with one attached hydrogen (secondary N) is 1. The van der Waals surface area contributed by atoms with E-state index in [2.05, 4.69) is 5.32 Å². The Morgan fingerprint density at radius 1 is 0.925 bits per heavy atom. The zero-order chi connectivity index (χ0) is 28.6. The molecule has 1 aromatic heterocycles. The van der Waals surface area contributed by atoms with E-state index in [4.69, 9.17) is 12.2 Å². The lowest BCUT2D eigenvalue weighted by molar-refractivity contribution is -0.384. The number of thiocarbonyl (C=S) groups is 1. The van der Waals surface area contributed by atoms with Crippen molar-refractivity contribution in [1.29, 1.82) is 0 Å². The standard InChI is InChI=1S/C29H21FN4O4S2/c1-17-15-19(16-26-27(35)31-29(39)33(28(26)36)22-5-3-20(30)4-6-22)18(2)32(17)21-7-11-24(12-8-21)40-25-13-9-23(10-14-25)34(37)38/h3-16H,1-2H3,(H,31,35,39)/b26-16+. The van der Waals surface area contributed by atoms with Gasteiger partial charge in [0.05, 0.1) is 10.6 Å². The van der Waals surface area contributed by atoms with E-state index in [9.17, 15) is 24.1 Å². The van der Waals surface area contributed by atoms with Gasteiger partial charge in [-0.1, -0.05) is 11.8 Å². The number of carbonyl (C=O) groups is 2. The van der Waals surface area contributed by atoms with Crippen molar-refractivity contribution in [1.82, 2.24) is 9.88 Å². The molecule has 11 heteroatoms. The highest BCUT2D eigenvalue weighted by Gasteiger charge is 2.34. The predicted octanol–water partition coefficient (Wildman–Crippen LogP) is 6.12. The van der Waals surface area contributed by atoms with Crippen molar-refractivity contribution >= 4 is 58.4 Å². The van der Waals surface area contributed by atoms with Crippen LogP contribution in [0.2, 0.25) is 0 Å². The summed E-state index contributed by atoms with van der Waals surface area (Å²) in [6.45, 7) is 3.82. The third kappa shape index (κ3) is 5.29. The summed E-state index contributed by atoms with van der Waals surface area (Å²) >= 11 is 6.70. The van der Waals surface area contributed by atoms with Gasteiger partial charge in [-0.05, 0) is 104 Å². The first-order valence-corrected chi connectivity index (χ1v) is 13.2. The first-order valence-electron chi connectivity index (χ1n) is 12.0. The minimum absolute atomic E-state index is 0.0438. The summed E-state index contributed by atoms with van der Waals surface area (Å²) in [5, 5.41) is 13.3. The maximum absolute atomic E-state index is 13.4. The van der Waals surface area contributed by atoms with Crippen LogP contribution >= 0.6 is 24.0 Å². The van der Waals surface area contributed by atoms with Gasteiger partial charge in [0.25, 0.3) is 17.5 Å². The molecule has 200 valence electrons. The van der Waals surface area contributed by atoms with Crippen molar-refractivity contribution in [2.75, 3.05) is 4.90 Å². The maximum atomic E-state index is 13.4. The number of non-ortho nitro benzene ring substituents is 1. The van der Waals surface area contributed by atoms with E-state index in [1.807, 2.05) is 48.7 Å². The number of nitro groups is 1. The number of nitrogens with zero attached hydrogens (tertiary/aromatic N) is 3. The van der Waals surface area contributed by atoms with E-state index in [-0.39, 0.29) is 16.4 Å². The minimum Gasteiger partial charge on any atom is -0.318 e. The number of anilines is 1. The van der Waals surface area contributed by atoms with Crippen LogP contribution in [0.15, 0.2) is 94.2 Å². The summed E-state index contributed by atoms with van der Waals surface area (Å²) in [6.07, 6.45) is 1.54. The fourth-order valence-electron chi connectivity index (χ4n) is 4.40. The number of benzene rings is 3. The molecule has 5 rings (SSSR count). The van der Waals surface area contributed by atoms with Crippen molar-refractivity contribution in [3.05, 3.63) is 117 Å². The Labute approximate surface area is 238 Å². The second-order valence-corrected chi connectivity index (χ2v) is 10.5. The van der Waals surface area contributed by atoms with Gasteiger partial charge in [0.2, 0.25) is 0 Å². The van der Waals surface area contributed by atoms with Crippen molar-refractivity contribution in [2.45, 2.75) is 23.6 Å². The Morgan fingerprint density at radius 3 is 2.10 bits per heavy atom. The molecule has 3 aromatic carbocycles. The normalized spacial score (nSPS) is 14.5. The van der Waals surface area contributed by atoms with Crippen molar-refractivity contribution < 1.29 is 18.9 Å². The number of hydrogen-bond donors (Lipinski definition) is 1. The molecule has 8 nitrogen and oxygen atoms in total. The van der Waals surface area contributed by atoms with Gasteiger partial charge in [-0.3, -0.25) is 29.9 Å². The molecule has 0 radical (unpaired) electrons. The molecule has 40 heavy (non-hydrogen) atoms. The third-order valence-corrected chi connectivity index (χ3v) is 7.64. The highest BCUT2D eigenvalue weighted by Crippen LogP contribution is 2.31. The van der Waals surface area contributed by atoms with Crippen LogP contribution in [0.5, 0.6) is 0 Å². The van der Waals surface area contributed by atoms with Crippen molar-refractivity contribution in [3.8, 4) is 5.69 Å². The fourth-order valence-corrected chi connectivity index (χ4v) is 5.50. The first kappa shape index (κ1) is 27.0. The molecule has 1 fully saturated rings. The predicted molar refractivity (Wildman–Crippen MR) is 155 cm³/mol. The van der Waals surface area contributed by atoms with Crippen molar-refractivity contribution in [3.63, 3.8) is 0 Å². The molecule has 1 saturated heterocycles. The van der Waals surface area contributed by atoms with Gasteiger partial charge in [0.15, 0.2) is 5.11 Å². The molecule has 2 amide bonds. The van der Waals surface area contributed by atoms with Crippen LogP contribution in [0, 0.1) is 29.8 Å². The maximum Gasteiger partial charge on any atom is 0.270 e. The Balaban J connectivity index is 1.41. The van der Waals surface area contributed by atoms with Crippen LogP contribution < -0.4 is 10.2 Å². The Hall–Kier alpha value is -4.61. The summed E-state index contributed by atoms with van der Waals surface area (Å²) in [4.78, 5) is 39.5. The van der Waals surface area contributed by atoms with Gasteiger partial charge < -0.3 is 4.57 Å². The largest absolute Gasteiger partial charge is 0.318 e. The number of nitro benzene ring substituents is 1. The quantitative estimate of drug-likeness (QED) is 0.0983. The molecular formula is C29H21FN4O4S2. The molecule has 4 aromatic rings. The lowest BCUT2D eigenvalue weighted by atomic mass is 10.1. The Kier molecular flexibility index (Phi) is 7.33. The van der Waals surface area contributed by atoms with E-state index >= 15 is 0 Å². The van der Waals surface area contributed by atoms with Gasteiger partial charge >= 0.3 is 0 Å². The summed E-state index contributed by atoms with van der Waals surface area (Å²) in [5.41, 5.74) is 3.60. The van der Waals surface area contributed by atoms with Crippen LogP contribution in [0.25, 0.3) is 11.8 Å². The van der Waals surface area contributed by atoms with E-state index in [1.165, 1.54) is 59.1 Å². The highest BCUT2D eigenvalue weighted by atomic mass is 32.2. The molecule has 1 aliphatic heterocycles. The molecule has 0 unspecified atom stereocenters. The minimum atomic E-state index is -0.606. The lowest BCUT2D eigenvalue weighted by Gasteiger charge is -2.28. The molecular weight excluding hydrogens is 551 g/mol. The average Bonchev–Trinajstić information content (AvgIpc) is 3.20. The van der Waals surface area contributed by atoms with Crippen molar-refractivity contribution in [2.24, 2.45) is 0 Å². The third-order valence-electron chi connectivity index (χ3n) is 6.33. The van der Waals surface area contributed by atoms with Crippen LogP contribution in [-0.2, 0) is 9.59 Å². The zero-order valence-corrected chi connectivity index (χ0v) is 22.9. The van der Waals surface area contributed by atoms with Crippen LogP contribution in [0.4, 0.5) is 15.8 Å². The number of rotatable bonds is 6. The number of halogens is 1. The highest BCUT2D eigenvalue weighted by molar-refractivity contribution is 7.99. The number of hydrogen-bond acceptors (Lipinski definition) is 6. The van der Waals surface area contributed by atoms with Gasteiger partial charge in [-0.2, -0.15) is 0 Å². The summed E-state index contributed by atoms with van der Waals surface area (Å²) in [5.74, 6) is -1.66. The second-order valence-electron chi connectivity index (χ2n) is 8.94. The molecule has 1 aliphatic rings. The summed E-state index contributed by atoms with van der Waals surface area (Å²) < 4.78 is 15.4. The smallest absolute Gasteiger partial charge is 0.270 e. The number of aromatic nitrogens is 1. The lowest BCUT2D eigenvalue weighted by Crippen LogP contribution is -2.54. The molecule has 0 spiro atoms. The van der Waals surface area contributed by atoms with E-state index in [0.29, 0.717) is 11.3 Å². The first-order chi connectivity index (χ1) is 19.1. The number of amides is 2. The van der Waals surface area contributed by atoms with Gasteiger partial charge in [0.1, 0.15) is 11.4 Å². The monoisotopic (exact) mass is 572 g/mol. The van der Waals surface area contributed by atoms with Gasteiger partial charge in [0, 0.05) is 39.0 Å². The molecule has 0 bridgehead atoms. The number of carbonyl (C=O) groups excluding carboxylic acids is 2. The molecule has 2 heterocycles. The molecule has 1 N–H and O–H groups in total. The number of aryl methyl sites for hydroxylation is 1. The van der Waals surface area contributed by atoms with Crippen LogP contribution in [0.1, 0.15) is 17.0 Å². The summed E-state index contributed by atoms with van der Waals surface area (Å²) in [6, 6.07) is 21.4. The zero-order valence-electron chi connectivity index (χ0n) is 21.3. The van der Waals surface area contributed by atoms with Crippen LogP contribution in [0.3, 0.4) is 0 Å². The second kappa shape index (κ2) is 10.9. The average molecular weight is 573 g/mol. The van der Waals surface area contributed by atoms with E-state index < -0.39 is 22.6 Å². The van der Waals surface area contributed by atoms with E-state index in [0.717, 1.165) is 26.9 Å². The van der Waals surface area contributed by atoms with Crippen LogP contribution in [-0.4, -0.2) is 26.4 Å². The fraction of sp³-hybridized carbons (Fsp3) is 0.0690. The van der Waals surface area contributed by atoms with Gasteiger partial charge in [-0.15, -0.1) is 0 Å². The Morgan fingerprint density at radius 2 is 1.50 bits per heavy atom. The molecule has 0 atom stereocenters. The Bertz CT molecular complexity index is 1700. The van der Waals surface area contributed by atoms with Gasteiger partial charge in [-0.25, -0.2) is 4.39 Å². The topological polar surface area (TPSA) is 97.5 Å². The molecule has 0 saturated carbocycles. The summed E-state index contributed by atoms with van der Waals surface area (Å²) in [7, 11) is 0. The molecule has 0 aliphatic carbocycles. The SMILES string of the molecule is Cc1cc(/C=C2\C(=O)NC(=S)N(c3ccc(F)cc3)C2=O)c(C)n1-c1ccc(Sc2ccc([N+](=O)[O-])cc2)cc1. The van der Waals surface area contributed by atoms with E-state index in [1.54, 1.807) is 12.1 Å².